The van der Waals surface area contributed by atoms with Crippen LogP contribution < -0.4 is 10.1 Å². The molecule has 0 aliphatic carbocycles. The molecule has 1 aliphatic rings. The third kappa shape index (κ3) is 5.58. The van der Waals surface area contributed by atoms with Crippen LogP contribution in [0.15, 0.2) is 93.2 Å². The highest BCUT2D eigenvalue weighted by molar-refractivity contribution is 7.91. The molecule has 0 saturated carbocycles. The minimum Gasteiger partial charge on any atom is -0.497 e. The number of nitrogens with one attached hydrogen (secondary N) is 1. The van der Waals surface area contributed by atoms with E-state index < -0.39 is 15.7 Å². The number of aromatic nitrogens is 1. The van der Waals surface area contributed by atoms with Gasteiger partial charge in [0.15, 0.2) is 0 Å². The highest BCUT2D eigenvalue weighted by Crippen LogP contribution is 2.34. The van der Waals surface area contributed by atoms with Crippen molar-refractivity contribution in [2.24, 2.45) is 0 Å². The molecule has 1 aromatic heterocycles. The number of benzene rings is 3. The Bertz CT molecular complexity index is 1450. The van der Waals surface area contributed by atoms with Crippen LogP contribution in [-0.2, 0) is 9.84 Å². The first-order valence-electron chi connectivity index (χ1n) is 12.6. The number of rotatable bonds is 9. The van der Waals surface area contributed by atoms with E-state index in [2.05, 4.69) is 15.2 Å². The van der Waals surface area contributed by atoms with Crippen molar-refractivity contribution in [3.63, 3.8) is 0 Å². The molecular weight excluding hydrogens is 505 g/mol. The zero-order chi connectivity index (χ0) is 26.5. The fraction of sp³-hybridized carbons (Fsp3) is 0.276. The number of sulfone groups is 1. The molecule has 3 aromatic carbocycles. The SMILES string of the molecule is COc1ccc(C(CNc2oc(-c3ccc(F)cc3)nc2S(=O)(=O)c2ccccc2)N2CCCCC2)cc1. The van der Waals surface area contributed by atoms with Gasteiger partial charge in [-0.3, -0.25) is 4.90 Å². The number of hydrogen-bond acceptors (Lipinski definition) is 7. The van der Waals surface area contributed by atoms with Crippen molar-refractivity contribution in [2.75, 3.05) is 32.1 Å². The van der Waals surface area contributed by atoms with Gasteiger partial charge in [-0.1, -0.05) is 36.8 Å². The molecular formula is C29H30FN3O4S. The van der Waals surface area contributed by atoms with E-state index in [1.807, 2.05) is 24.3 Å². The molecule has 0 radical (unpaired) electrons. The van der Waals surface area contributed by atoms with Crippen LogP contribution in [0.2, 0.25) is 0 Å². The fourth-order valence-corrected chi connectivity index (χ4v) is 6.03. The van der Waals surface area contributed by atoms with Crippen LogP contribution in [-0.4, -0.2) is 45.0 Å². The van der Waals surface area contributed by atoms with Gasteiger partial charge in [-0.2, -0.15) is 4.98 Å². The zero-order valence-electron chi connectivity index (χ0n) is 21.1. The van der Waals surface area contributed by atoms with Crippen LogP contribution in [0.5, 0.6) is 5.75 Å². The minimum atomic E-state index is -3.98. The van der Waals surface area contributed by atoms with Gasteiger partial charge in [0.05, 0.1) is 18.0 Å². The average Bonchev–Trinajstić information content (AvgIpc) is 3.40. The summed E-state index contributed by atoms with van der Waals surface area (Å²) in [6.07, 6.45) is 3.41. The Labute approximate surface area is 222 Å². The molecule has 0 spiro atoms. The monoisotopic (exact) mass is 535 g/mol. The summed E-state index contributed by atoms with van der Waals surface area (Å²) in [7, 11) is -2.35. The first-order valence-corrected chi connectivity index (χ1v) is 14.1. The summed E-state index contributed by atoms with van der Waals surface area (Å²) in [6.45, 7) is 2.30. The Hall–Kier alpha value is -3.69. The van der Waals surface area contributed by atoms with Gasteiger partial charge in [0.2, 0.25) is 26.6 Å². The number of likely N-dealkylation sites (tertiary alicyclic amines) is 1. The summed E-state index contributed by atoms with van der Waals surface area (Å²) in [6, 6.07) is 21.6. The number of anilines is 1. The van der Waals surface area contributed by atoms with E-state index in [0.717, 1.165) is 37.2 Å². The van der Waals surface area contributed by atoms with Crippen molar-refractivity contribution in [1.82, 2.24) is 9.88 Å². The first kappa shape index (κ1) is 25.9. The Morgan fingerprint density at radius 3 is 2.32 bits per heavy atom. The molecule has 198 valence electrons. The molecule has 1 atom stereocenters. The normalized spacial score (nSPS) is 15.2. The topological polar surface area (TPSA) is 84.7 Å². The Balaban J connectivity index is 1.51. The zero-order valence-corrected chi connectivity index (χ0v) is 22.0. The van der Waals surface area contributed by atoms with Crippen LogP contribution in [0.25, 0.3) is 11.5 Å². The van der Waals surface area contributed by atoms with Gasteiger partial charge < -0.3 is 14.5 Å². The van der Waals surface area contributed by atoms with E-state index in [9.17, 15) is 12.8 Å². The van der Waals surface area contributed by atoms with Gasteiger partial charge in [0.25, 0.3) is 0 Å². The number of halogens is 1. The maximum Gasteiger partial charge on any atom is 0.233 e. The average molecular weight is 536 g/mol. The number of piperidine rings is 1. The summed E-state index contributed by atoms with van der Waals surface area (Å²) < 4.78 is 52.0. The lowest BCUT2D eigenvalue weighted by Crippen LogP contribution is -2.37. The molecule has 2 heterocycles. The molecule has 1 fully saturated rings. The van der Waals surface area contributed by atoms with E-state index in [1.54, 1.807) is 25.3 Å². The third-order valence-corrected chi connectivity index (χ3v) is 8.46. The van der Waals surface area contributed by atoms with Crippen LogP contribution in [0.4, 0.5) is 10.3 Å². The summed E-state index contributed by atoms with van der Waals surface area (Å²) in [5, 5.41) is 3.06. The Morgan fingerprint density at radius 2 is 1.66 bits per heavy atom. The lowest BCUT2D eigenvalue weighted by Gasteiger charge is -2.35. The lowest BCUT2D eigenvalue weighted by atomic mass is 10.0. The standard InChI is InChI=1S/C29H30FN3O4S/c1-36-24-16-12-21(13-17-24)26(33-18-6-3-7-19-33)20-31-28-29(38(34,35)25-8-4-2-5-9-25)32-27(37-28)22-10-14-23(30)15-11-22/h2,4-5,8-17,26,31H,3,6-7,18-20H2,1H3. The highest BCUT2D eigenvalue weighted by atomic mass is 32.2. The van der Waals surface area contributed by atoms with Crippen molar-refractivity contribution in [3.8, 4) is 17.2 Å². The van der Waals surface area contributed by atoms with Gasteiger partial charge in [0.1, 0.15) is 11.6 Å². The van der Waals surface area contributed by atoms with E-state index in [4.69, 9.17) is 9.15 Å². The van der Waals surface area contributed by atoms with Gasteiger partial charge in [-0.15, -0.1) is 0 Å². The van der Waals surface area contributed by atoms with Crippen LogP contribution >= 0.6 is 0 Å². The Kier molecular flexibility index (Phi) is 7.76. The number of hydrogen-bond donors (Lipinski definition) is 1. The van der Waals surface area contributed by atoms with E-state index in [1.165, 1.54) is 42.8 Å². The Morgan fingerprint density at radius 1 is 0.974 bits per heavy atom. The molecule has 7 nitrogen and oxygen atoms in total. The van der Waals surface area contributed by atoms with Crippen LogP contribution in [0.3, 0.4) is 0 Å². The molecule has 1 saturated heterocycles. The predicted octanol–water partition coefficient (Wildman–Crippen LogP) is 5.96. The van der Waals surface area contributed by atoms with Crippen molar-refractivity contribution in [3.05, 3.63) is 90.2 Å². The third-order valence-electron chi connectivity index (χ3n) is 6.78. The van der Waals surface area contributed by atoms with E-state index in [-0.39, 0.29) is 27.7 Å². The molecule has 9 heteroatoms. The fourth-order valence-electron chi connectivity index (χ4n) is 4.73. The number of nitrogens with zero attached hydrogens (tertiary/aromatic N) is 2. The number of oxazole rings is 1. The summed E-state index contributed by atoms with van der Waals surface area (Å²) in [5.74, 6) is 0.527. The molecule has 0 bridgehead atoms. The molecule has 38 heavy (non-hydrogen) atoms. The smallest absolute Gasteiger partial charge is 0.233 e. The molecule has 1 unspecified atom stereocenters. The molecule has 0 amide bonds. The van der Waals surface area contributed by atoms with E-state index >= 15 is 0 Å². The highest BCUT2D eigenvalue weighted by Gasteiger charge is 2.30. The van der Waals surface area contributed by atoms with Crippen LogP contribution in [0, 0.1) is 5.82 Å². The van der Waals surface area contributed by atoms with Crippen molar-refractivity contribution in [1.29, 1.82) is 0 Å². The largest absolute Gasteiger partial charge is 0.497 e. The second kappa shape index (κ2) is 11.4. The maximum atomic E-state index is 13.6. The first-order chi connectivity index (χ1) is 18.5. The van der Waals surface area contributed by atoms with Crippen molar-refractivity contribution in [2.45, 2.75) is 35.2 Å². The maximum absolute atomic E-state index is 13.6. The molecule has 1 N–H and O–H groups in total. The van der Waals surface area contributed by atoms with Gasteiger partial charge in [-0.05, 0) is 80.0 Å². The summed E-state index contributed by atoms with van der Waals surface area (Å²) in [5.41, 5.74) is 1.57. The van der Waals surface area contributed by atoms with Gasteiger partial charge in [-0.25, -0.2) is 12.8 Å². The summed E-state index contributed by atoms with van der Waals surface area (Å²) >= 11 is 0. The molecule has 1 aliphatic heterocycles. The van der Waals surface area contributed by atoms with Crippen molar-refractivity contribution >= 4 is 15.7 Å². The second-order valence-corrected chi connectivity index (χ2v) is 11.1. The van der Waals surface area contributed by atoms with Crippen molar-refractivity contribution < 1.29 is 22.0 Å². The number of methoxy groups -OCH3 is 1. The minimum absolute atomic E-state index is 0.0205. The van der Waals surface area contributed by atoms with Gasteiger partial charge >= 0.3 is 0 Å². The quantitative estimate of drug-likeness (QED) is 0.283. The number of ether oxygens (including phenoxy) is 1. The predicted molar refractivity (Wildman–Crippen MR) is 143 cm³/mol. The second-order valence-electron chi connectivity index (χ2n) is 9.24. The van der Waals surface area contributed by atoms with Crippen LogP contribution in [0.1, 0.15) is 30.9 Å². The van der Waals surface area contributed by atoms with Gasteiger partial charge in [0, 0.05) is 12.1 Å². The molecule has 4 aromatic rings. The molecule has 5 rings (SSSR count). The van der Waals surface area contributed by atoms with E-state index in [0.29, 0.717) is 12.1 Å². The lowest BCUT2D eigenvalue weighted by molar-refractivity contribution is 0.170. The summed E-state index contributed by atoms with van der Waals surface area (Å²) in [4.78, 5) is 6.89.